The first-order chi connectivity index (χ1) is 14.3. The molecule has 0 aliphatic rings. The number of carbonyl (C=O) groups is 1. The number of aryl methyl sites for hydroxylation is 1. The fourth-order valence-electron chi connectivity index (χ4n) is 3.36. The molecule has 8 nitrogen and oxygen atoms in total. The number of nitrogens with one attached hydrogen (secondary N) is 1. The second-order valence-corrected chi connectivity index (χ2v) is 7.66. The van der Waals surface area contributed by atoms with Crippen molar-refractivity contribution in [3.63, 3.8) is 0 Å². The summed E-state index contributed by atoms with van der Waals surface area (Å²) in [5.74, 6) is 0.559. The number of carbonyl (C=O) groups excluding carboxylic acids is 1. The van der Waals surface area contributed by atoms with Crippen LogP contribution in [0.15, 0.2) is 51.8 Å². The number of benzene rings is 2. The maximum absolute atomic E-state index is 13.1. The van der Waals surface area contributed by atoms with Crippen LogP contribution in [0.2, 0.25) is 5.02 Å². The number of rotatable bonds is 5. The lowest BCUT2D eigenvalue weighted by Crippen LogP contribution is -2.30. The lowest BCUT2D eigenvalue weighted by Gasteiger charge is -2.07. The smallest absolute Gasteiger partial charge is 0.329 e. The average Bonchev–Trinajstić information content (AvgIpc) is 3.25. The highest BCUT2D eigenvalue weighted by Gasteiger charge is 2.19. The van der Waals surface area contributed by atoms with Crippen molar-refractivity contribution in [2.24, 2.45) is 0 Å². The molecule has 2 aromatic heterocycles. The molecular weight excluding hydrogens is 406 g/mol. The van der Waals surface area contributed by atoms with E-state index < -0.39 is 0 Å². The molecule has 1 amide bonds. The molecule has 0 bridgehead atoms. The van der Waals surface area contributed by atoms with E-state index in [0.29, 0.717) is 33.5 Å². The van der Waals surface area contributed by atoms with Crippen LogP contribution >= 0.6 is 11.6 Å². The van der Waals surface area contributed by atoms with Crippen molar-refractivity contribution in [1.82, 2.24) is 19.3 Å². The summed E-state index contributed by atoms with van der Waals surface area (Å²) in [7, 11) is 0. The van der Waals surface area contributed by atoms with E-state index in [9.17, 15) is 9.59 Å². The molecule has 154 valence electrons. The van der Waals surface area contributed by atoms with Crippen LogP contribution in [0.1, 0.15) is 25.8 Å². The van der Waals surface area contributed by atoms with E-state index in [1.54, 1.807) is 41.8 Å². The predicted octanol–water partition coefficient (Wildman–Crippen LogP) is 4.03. The third-order valence-corrected chi connectivity index (χ3v) is 4.95. The maximum Gasteiger partial charge on any atom is 0.329 e. The molecule has 4 rings (SSSR count). The Bertz CT molecular complexity index is 1280. The van der Waals surface area contributed by atoms with Crippen LogP contribution in [0.4, 0.5) is 5.69 Å². The molecule has 0 aliphatic heterocycles. The zero-order valence-corrected chi connectivity index (χ0v) is 17.5. The van der Waals surface area contributed by atoms with Crippen molar-refractivity contribution in [3.8, 4) is 11.4 Å². The van der Waals surface area contributed by atoms with Gasteiger partial charge in [-0.05, 0) is 56.3 Å². The van der Waals surface area contributed by atoms with Gasteiger partial charge in [0.2, 0.25) is 17.6 Å². The molecule has 0 radical (unpaired) electrons. The van der Waals surface area contributed by atoms with Gasteiger partial charge in [0.15, 0.2) is 0 Å². The second-order valence-electron chi connectivity index (χ2n) is 7.23. The van der Waals surface area contributed by atoms with Crippen molar-refractivity contribution < 1.29 is 9.32 Å². The molecule has 0 atom stereocenters. The fraction of sp³-hybridized carbons (Fsp3) is 0.238. The summed E-state index contributed by atoms with van der Waals surface area (Å²) in [6, 6.07) is 12.2. The Morgan fingerprint density at radius 3 is 2.53 bits per heavy atom. The number of aromatic nitrogens is 4. The predicted molar refractivity (Wildman–Crippen MR) is 115 cm³/mol. The molecule has 4 aromatic rings. The molecule has 0 saturated carbocycles. The van der Waals surface area contributed by atoms with Gasteiger partial charge in [0.1, 0.15) is 6.54 Å². The summed E-state index contributed by atoms with van der Waals surface area (Å²) in [6.07, 6.45) is 0. The lowest BCUT2D eigenvalue weighted by atomic mass is 10.2. The van der Waals surface area contributed by atoms with Crippen LogP contribution in [-0.4, -0.2) is 25.2 Å². The Balaban J connectivity index is 1.75. The molecular formula is C21H20ClN5O3. The molecule has 0 aliphatic carbocycles. The van der Waals surface area contributed by atoms with Gasteiger partial charge in [0, 0.05) is 29.2 Å². The summed E-state index contributed by atoms with van der Waals surface area (Å²) in [5, 5.41) is 7.31. The van der Waals surface area contributed by atoms with E-state index in [-0.39, 0.29) is 24.2 Å². The first-order valence-corrected chi connectivity index (χ1v) is 9.82. The summed E-state index contributed by atoms with van der Waals surface area (Å²) in [5.41, 5.74) is 2.41. The molecule has 2 heterocycles. The van der Waals surface area contributed by atoms with Gasteiger partial charge in [-0.1, -0.05) is 16.8 Å². The summed E-state index contributed by atoms with van der Waals surface area (Å²) in [6.45, 7) is 5.43. The fourth-order valence-corrected chi connectivity index (χ4v) is 3.49. The van der Waals surface area contributed by atoms with Crippen LogP contribution in [-0.2, 0) is 11.3 Å². The zero-order valence-electron chi connectivity index (χ0n) is 16.7. The van der Waals surface area contributed by atoms with Gasteiger partial charge >= 0.3 is 5.69 Å². The van der Waals surface area contributed by atoms with Crippen molar-refractivity contribution in [3.05, 3.63) is 63.9 Å². The van der Waals surface area contributed by atoms with Gasteiger partial charge in [-0.2, -0.15) is 4.98 Å². The Kier molecular flexibility index (Phi) is 5.17. The number of hydrogen-bond donors (Lipinski definition) is 1. The summed E-state index contributed by atoms with van der Waals surface area (Å²) < 4.78 is 8.18. The third kappa shape index (κ3) is 3.73. The third-order valence-electron chi connectivity index (χ3n) is 4.69. The molecule has 1 N–H and O–H groups in total. The number of amides is 1. The first kappa shape index (κ1) is 19.9. The lowest BCUT2D eigenvalue weighted by molar-refractivity contribution is -0.116. The van der Waals surface area contributed by atoms with E-state index >= 15 is 0 Å². The van der Waals surface area contributed by atoms with Crippen molar-refractivity contribution in [2.45, 2.75) is 33.4 Å². The molecule has 0 saturated heterocycles. The SMILES string of the molecule is Cc1nc(-c2ccc3c(c2)n(CC(=O)Nc2ccc(Cl)cc2)c(=O)n3C(C)C)no1. The topological polar surface area (TPSA) is 95.0 Å². The van der Waals surface area contributed by atoms with Crippen LogP contribution in [0.5, 0.6) is 0 Å². The van der Waals surface area contributed by atoms with Crippen LogP contribution in [0.3, 0.4) is 0 Å². The van der Waals surface area contributed by atoms with Crippen LogP contribution < -0.4 is 11.0 Å². The van der Waals surface area contributed by atoms with Gasteiger partial charge < -0.3 is 9.84 Å². The van der Waals surface area contributed by atoms with Crippen molar-refractivity contribution >= 4 is 34.2 Å². The number of imidazole rings is 1. The van der Waals surface area contributed by atoms with Gasteiger partial charge in [0.25, 0.3) is 0 Å². The van der Waals surface area contributed by atoms with Crippen molar-refractivity contribution in [2.75, 3.05) is 5.32 Å². The summed E-state index contributed by atoms with van der Waals surface area (Å²) >= 11 is 5.89. The largest absolute Gasteiger partial charge is 0.339 e. The number of halogens is 1. The monoisotopic (exact) mass is 425 g/mol. The Hall–Kier alpha value is -3.39. The molecule has 0 unspecified atom stereocenters. The minimum atomic E-state index is -0.317. The minimum Gasteiger partial charge on any atom is -0.339 e. The number of hydrogen-bond acceptors (Lipinski definition) is 5. The van der Waals surface area contributed by atoms with Crippen LogP contribution in [0.25, 0.3) is 22.4 Å². The minimum absolute atomic E-state index is 0.0705. The molecule has 9 heteroatoms. The van der Waals surface area contributed by atoms with E-state index in [1.165, 1.54) is 4.57 Å². The normalized spacial score (nSPS) is 11.4. The number of nitrogens with zero attached hydrogens (tertiary/aromatic N) is 4. The second kappa shape index (κ2) is 7.79. The number of fused-ring (bicyclic) bond motifs is 1. The zero-order chi connectivity index (χ0) is 21.4. The van der Waals surface area contributed by atoms with Gasteiger partial charge in [-0.25, -0.2) is 4.79 Å². The van der Waals surface area contributed by atoms with E-state index in [4.69, 9.17) is 16.1 Å². The van der Waals surface area contributed by atoms with E-state index in [0.717, 1.165) is 5.52 Å². The molecule has 0 fully saturated rings. The standard InChI is InChI=1S/C21H20ClN5O3/c1-12(2)27-17-9-4-14(20-23-13(3)30-25-20)10-18(17)26(21(27)29)11-19(28)24-16-7-5-15(22)6-8-16/h4-10,12H,11H2,1-3H3,(H,24,28). The highest BCUT2D eigenvalue weighted by Crippen LogP contribution is 2.24. The van der Waals surface area contributed by atoms with Crippen molar-refractivity contribution in [1.29, 1.82) is 0 Å². The van der Waals surface area contributed by atoms with Crippen LogP contribution in [0, 0.1) is 6.92 Å². The van der Waals surface area contributed by atoms with E-state index in [2.05, 4.69) is 15.5 Å². The average molecular weight is 426 g/mol. The molecule has 0 spiro atoms. The van der Waals surface area contributed by atoms with Gasteiger partial charge in [0.05, 0.1) is 11.0 Å². The Morgan fingerprint density at radius 1 is 1.17 bits per heavy atom. The Labute approximate surface area is 177 Å². The Morgan fingerprint density at radius 2 is 1.90 bits per heavy atom. The van der Waals surface area contributed by atoms with Gasteiger partial charge in [-0.15, -0.1) is 0 Å². The maximum atomic E-state index is 13.1. The van der Waals surface area contributed by atoms with Gasteiger partial charge in [-0.3, -0.25) is 13.9 Å². The highest BCUT2D eigenvalue weighted by atomic mass is 35.5. The highest BCUT2D eigenvalue weighted by molar-refractivity contribution is 6.30. The summed E-state index contributed by atoms with van der Waals surface area (Å²) in [4.78, 5) is 30.0. The molecule has 2 aromatic carbocycles. The van der Waals surface area contributed by atoms with E-state index in [1.807, 2.05) is 26.0 Å². The number of anilines is 1. The molecule has 30 heavy (non-hydrogen) atoms. The first-order valence-electron chi connectivity index (χ1n) is 9.44. The quantitative estimate of drug-likeness (QED) is 0.520.